The lowest BCUT2D eigenvalue weighted by Crippen LogP contribution is -2.12. The van der Waals surface area contributed by atoms with E-state index in [1.807, 2.05) is 32.0 Å². The average Bonchev–Trinajstić information content (AvgIpc) is 2.86. The minimum absolute atomic E-state index is 0.241. The van der Waals surface area contributed by atoms with Crippen LogP contribution in [0.1, 0.15) is 21.6 Å². The van der Waals surface area contributed by atoms with Crippen LogP contribution < -0.4 is 5.32 Å². The number of rotatable bonds is 2. The molecule has 0 radical (unpaired) electrons. The first-order valence-electron chi connectivity index (χ1n) is 6.70. The van der Waals surface area contributed by atoms with E-state index in [0.717, 1.165) is 16.6 Å². The zero-order valence-electron chi connectivity index (χ0n) is 11.8. The smallest absolute Gasteiger partial charge is 0.272 e. The first-order valence-corrected chi connectivity index (χ1v) is 6.70. The lowest BCUT2D eigenvalue weighted by molar-refractivity contribution is 0.102. The second kappa shape index (κ2) is 5.05. The van der Waals surface area contributed by atoms with Crippen LogP contribution in [-0.4, -0.2) is 10.9 Å². The molecule has 0 saturated carbocycles. The van der Waals surface area contributed by atoms with E-state index in [1.165, 1.54) is 17.7 Å². The number of nitrogens with one attached hydrogen (secondary N) is 2. The molecule has 0 fully saturated rings. The molecule has 4 heteroatoms. The molecule has 21 heavy (non-hydrogen) atoms. The monoisotopic (exact) mass is 282 g/mol. The van der Waals surface area contributed by atoms with Crippen molar-refractivity contribution >= 4 is 22.5 Å². The summed E-state index contributed by atoms with van der Waals surface area (Å²) in [5.74, 6) is -0.569. The highest BCUT2D eigenvalue weighted by molar-refractivity contribution is 6.05. The molecule has 0 aliphatic carbocycles. The number of anilines is 1. The molecule has 0 unspecified atom stereocenters. The Morgan fingerprint density at radius 1 is 1.05 bits per heavy atom. The zero-order chi connectivity index (χ0) is 15.0. The first kappa shape index (κ1) is 13.4. The fourth-order valence-electron chi connectivity index (χ4n) is 2.24. The topological polar surface area (TPSA) is 44.9 Å². The van der Waals surface area contributed by atoms with Crippen LogP contribution >= 0.6 is 0 Å². The molecule has 3 rings (SSSR count). The maximum atomic E-state index is 13.2. The summed E-state index contributed by atoms with van der Waals surface area (Å²) in [6.07, 6.45) is 0. The van der Waals surface area contributed by atoms with Gasteiger partial charge in [-0.05, 0) is 61.4 Å². The number of fused-ring (bicyclic) bond motifs is 1. The average molecular weight is 282 g/mol. The fraction of sp³-hybridized carbons (Fsp3) is 0.118. The Labute approximate surface area is 121 Å². The quantitative estimate of drug-likeness (QED) is 0.727. The predicted octanol–water partition coefficient (Wildman–Crippen LogP) is 4.18. The molecule has 0 atom stereocenters. The highest BCUT2D eigenvalue weighted by atomic mass is 19.1. The summed E-state index contributed by atoms with van der Waals surface area (Å²) >= 11 is 0. The number of aryl methyl sites for hydroxylation is 2. The number of benzene rings is 2. The van der Waals surface area contributed by atoms with E-state index in [-0.39, 0.29) is 11.7 Å². The van der Waals surface area contributed by atoms with Gasteiger partial charge in [-0.3, -0.25) is 4.79 Å². The number of aromatic nitrogens is 1. The van der Waals surface area contributed by atoms with Crippen LogP contribution in [0.2, 0.25) is 0 Å². The molecule has 3 aromatic rings. The second-order valence-electron chi connectivity index (χ2n) is 5.17. The first-order chi connectivity index (χ1) is 10.0. The molecule has 1 heterocycles. The van der Waals surface area contributed by atoms with E-state index in [4.69, 9.17) is 0 Å². The lowest BCUT2D eigenvalue weighted by Gasteiger charge is -2.06. The number of halogens is 1. The van der Waals surface area contributed by atoms with Crippen molar-refractivity contribution in [3.05, 3.63) is 65.1 Å². The molecule has 0 spiro atoms. The predicted molar refractivity (Wildman–Crippen MR) is 82.1 cm³/mol. The number of carbonyl (C=O) groups excluding carboxylic acids is 1. The van der Waals surface area contributed by atoms with Crippen LogP contribution in [0.5, 0.6) is 0 Å². The third-order valence-corrected chi connectivity index (χ3v) is 3.59. The molecular formula is C17H15FN2O. The van der Waals surface area contributed by atoms with Crippen molar-refractivity contribution in [3.8, 4) is 0 Å². The van der Waals surface area contributed by atoms with Crippen LogP contribution in [0.25, 0.3) is 10.9 Å². The molecule has 2 aromatic carbocycles. The number of carbonyl (C=O) groups is 1. The van der Waals surface area contributed by atoms with Crippen molar-refractivity contribution in [2.75, 3.05) is 5.32 Å². The van der Waals surface area contributed by atoms with Gasteiger partial charge in [-0.25, -0.2) is 4.39 Å². The molecule has 3 nitrogen and oxygen atoms in total. The Balaban J connectivity index is 1.87. The lowest BCUT2D eigenvalue weighted by atomic mass is 10.1. The molecule has 1 amide bonds. The van der Waals surface area contributed by atoms with Gasteiger partial charge in [-0.15, -0.1) is 0 Å². The summed E-state index contributed by atoms with van der Waals surface area (Å²) in [6, 6.07) is 11.9. The van der Waals surface area contributed by atoms with Crippen molar-refractivity contribution < 1.29 is 9.18 Å². The van der Waals surface area contributed by atoms with E-state index in [2.05, 4.69) is 10.3 Å². The summed E-state index contributed by atoms with van der Waals surface area (Å²) < 4.78 is 13.2. The Kier molecular flexibility index (Phi) is 3.22. The summed E-state index contributed by atoms with van der Waals surface area (Å²) in [5.41, 5.74) is 4.06. The van der Waals surface area contributed by atoms with Gasteiger partial charge in [0, 0.05) is 16.6 Å². The van der Waals surface area contributed by atoms with Gasteiger partial charge in [0.05, 0.1) is 0 Å². The van der Waals surface area contributed by atoms with Crippen LogP contribution in [0.3, 0.4) is 0 Å². The summed E-state index contributed by atoms with van der Waals surface area (Å²) in [5, 5.41) is 3.64. The summed E-state index contributed by atoms with van der Waals surface area (Å²) in [7, 11) is 0. The van der Waals surface area contributed by atoms with Crippen LogP contribution in [0, 0.1) is 19.7 Å². The van der Waals surface area contributed by atoms with E-state index < -0.39 is 0 Å². The van der Waals surface area contributed by atoms with Crippen molar-refractivity contribution in [3.63, 3.8) is 0 Å². The standard InChI is InChI=1S/C17H15FN2O/c1-10-3-6-14(7-11(10)2)19-17(21)16-8-12-4-5-13(18)9-15(12)20-16/h3-9,20H,1-2H3,(H,19,21). The minimum Gasteiger partial charge on any atom is -0.350 e. The Morgan fingerprint density at radius 3 is 2.62 bits per heavy atom. The Hall–Kier alpha value is -2.62. The van der Waals surface area contributed by atoms with Gasteiger partial charge in [0.25, 0.3) is 5.91 Å². The number of hydrogen-bond acceptors (Lipinski definition) is 1. The molecular weight excluding hydrogens is 267 g/mol. The van der Waals surface area contributed by atoms with Crippen LogP contribution in [-0.2, 0) is 0 Å². The van der Waals surface area contributed by atoms with Crippen molar-refractivity contribution in [2.45, 2.75) is 13.8 Å². The third-order valence-electron chi connectivity index (χ3n) is 3.59. The highest BCUT2D eigenvalue weighted by Gasteiger charge is 2.10. The van der Waals surface area contributed by atoms with E-state index in [9.17, 15) is 9.18 Å². The van der Waals surface area contributed by atoms with Gasteiger partial charge in [-0.2, -0.15) is 0 Å². The van der Waals surface area contributed by atoms with E-state index >= 15 is 0 Å². The number of H-pyrrole nitrogens is 1. The Bertz CT molecular complexity index is 836. The normalized spacial score (nSPS) is 10.8. The van der Waals surface area contributed by atoms with Gasteiger partial charge >= 0.3 is 0 Å². The number of aromatic amines is 1. The second-order valence-corrected chi connectivity index (χ2v) is 5.17. The van der Waals surface area contributed by atoms with Gasteiger partial charge in [0.15, 0.2) is 0 Å². The fourth-order valence-corrected chi connectivity index (χ4v) is 2.24. The number of hydrogen-bond donors (Lipinski definition) is 2. The van der Waals surface area contributed by atoms with Crippen molar-refractivity contribution in [1.29, 1.82) is 0 Å². The van der Waals surface area contributed by atoms with Crippen LogP contribution in [0.15, 0.2) is 42.5 Å². The maximum Gasteiger partial charge on any atom is 0.272 e. The molecule has 0 bridgehead atoms. The van der Waals surface area contributed by atoms with Gasteiger partial charge in [-0.1, -0.05) is 6.07 Å². The van der Waals surface area contributed by atoms with Crippen molar-refractivity contribution in [1.82, 2.24) is 4.98 Å². The van der Waals surface area contributed by atoms with Gasteiger partial charge < -0.3 is 10.3 Å². The van der Waals surface area contributed by atoms with Crippen LogP contribution in [0.4, 0.5) is 10.1 Å². The summed E-state index contributed by atoms with van der Waals surface area (Å²) in [4.78, 5) is 15.2. The van der Waals surface area contributed by atoms with E-state index in [0.29, 0.717) is 11.2 Å². The summed E-state index contributed by atoms with van der Waals surface area (Å²) in [6.45, 7) is 4.02. The molecule has 2 N–H and O–H groups in total. The molecule has 0 aliphatic heterocycles. The van der Waals surface area contributed by atoms with Gasteiger partial charge in [0.2, 0.25) is 0 Å². The third kappa shape index (κ3) is 2.65. The molecule has 0 saturated heterocycles. The minimum atomic E-state index is -0.328. The van der Waals surface area contributed by atoms with E-state index in [1.54, 1.807) is 12.1 Å². The SMILES string of the molecule is Cc1ccc(NC(=O)c2cc3ccc(F)cc3[nH]2)cc1C. The van der Waals surface area contributed by atoms with Gasteiger partial charge in [0.1, 0.15) is 11.5 Å². The van der Waals surface area contributed by atoms with Crippen molar-refractivity contribution in [2.24, 2.45) is 0 Å². The maximum absolute atomic E-state index is 13.2. The zero-order valence-corrected chi connectivity index (χ0v) is 11.8. The molecule has 0 aliphatic rings. The molecule has 1 aromatic heterocycles. The molecule has 106 valence electrons. The highest BCUT2D eigenvalue weighted by Crippen LogP contribution is 2.19. The number of amides is 1. The Morgan fingerprint density at radius 2 is 1.86 bits per heavy atom. The largest absolute Gasteiger partial charge is 0.350 e.